The first kappa shape index (κ1) is 33.8. The van der Waals surface area contributed by atoms with E-state index in [1.54, 1.807) is 6.92 Å². The highest BCUT2D eigenvalue weighted by molar-refractivity contribution is 7.51. The first-order valence-electron chi connectivity index (χ1n) is 15.4. The van der Waals surface area contributed by atoms with Crippen molar-refractivity contribution in [3.63, 3.8) is 0 Å². The first-order chi connectivity index (χ1) is 23.9. The second kappa shape index (κ2) is 12.7. The Morgan fingerprint density at radius 1 is 0.880 bits per heavy atom. The van der Waals surface area contributed by atoms with Crippen LogP contribution in [0, 0.1) is 6.92 Å². The summed E-state index contributed by atoms with van der Waals surface area (Å²) >= 11 is 0. The summed E-state index contributed by atoms with van der Waals surface area (Å²) in [5.41, 5.74) is 5.82. The summed E-state index contributed by atoms with van der Waals surface area (Å²) in [5, 5.41) is 22.9. The van der Waals surface area contributed by atoms with Crippen molar-refractivity contribution < 1.29 is 56.5 Å². The van der Waals surface area contributed by atoms with Crippen LogP contribution in [0.25, 0.3) is 22.3 Å². The average Bonchev–Trinajstić information content (AvgIpc) is 3.85. The van der Waals surface area contributed by atoms with Crippen molar-refractivity contribution in [1.29, 1.82) is 0 Å². The van der Waals surface area contributed by atoms with Gasteiger partial charge in [0.15, 0.2) is 35.1 Å². The van der Waals surface area contributed by atoms with Crippen molar-refractivity contribution in [2.24, 2.45) is 0 Å². The monoisotopic (exact) mass is 742 g/mol. The fraction of sp³-hybridized carbons (Fsp3) is 0.600. The number of nitrogens with zero attached hydrogens (tertiary/aromatic N) is 8. The minimum atomic E-state index is -5.04. The molecule has 50 heavy (non-hydrogen) atoms. The van der Waals surface area contributed by atoms with Crippen LogP contribution in [0.2, 0.25) is 0 Å². The van der Waals surface area contributed by atoms with Crippen LogP contribution in [-0.4, -0.2) is 135 Å². The van der Waals surface area contributed by atoms with Crippen LogP contribution in [0.1, 0.15) is 18.3 Å². The van der Waals surface area contributed by atoms with Gasteiger partial charge in [-0.05, 0) is 6.92 Å². The Morgan fingerprint density at radius 2 is 1.58 bits per heavy atom. The number of anilines is 1. The molecule has 4 aliphatic rings. The molecule has 10 atom stereocenters. The maximum Gasteiger partial charge on any atom is 0.472 e. The standard InChI is InChI=1S/C25H32N10O13P2/c1-11-31-22-15(23(38)32-11)30-10-35(22)25-19-16(36)12(45-25)6-44-50(40,41)48-18-13(7-43-49(39,47-19)33-2-4-42-5-3-33)46-24(17(18)37)34-9-29-14-20(26)27-8-28-21(14)34/h8-10,12-13,16-19,24-25,36-37H,2-7H2,1H3,(H,40,41)(H2,26,27,28)(H,31,32,38)/t12-,13-,16?,17?,18+,19+,24-,25-,49?/m1/s1. The van der Waals surface area contributed by atoms with E-state index in [1.165, 1.54) is 32.8 Å². The van der Waals surface area contributed by atoms with Crippen molar-refractivity contribution in [2.75, 3.05) is 45.3 Å². The number of ether oxygens (including phenoxy) is 3. The molecule has 4 aliphatic heterocycles. The quantitative estimate of drug-likeness (QED) is 0.153. The third-order valence-corrected chi connectivity index (χ3v) is 11.8. The molecule has 4 aromatic heterocycles. The lowest BCUT2D eigenvalue weighted by molar-refractivity contribution is -0.0676. The van der Waals surface area contributed by atoms with Gasteiger partial charge in [-0.3, -0.25) is 32.0 Å². The van der Waals surface area contributed by atoms with Gasteiger partial charge >= 0.3 is 15.6 Å². The summed E-state index contributed by atoms with van der Waals surface area (Å²) in [6.45, 7) is 0.782. The van der Waals surface area contributed by atoms with Crippen molar-refractivity contribution in [2.45, 2.75) is 56.0 Å². The van der Waals surface area contributed by atoms with Crippen molar-refractivity contribution in [3.8, 4) is 0 Å². The summed E-state index contributed by atoms with van der Waals surface area (Å²) < 4.78 is 72.9. The molecule has 4 fully saturated rings. The van der Waals surface area contributed by atoms with Gasteiger partial charge in [-0.1, -0.05) is 0 Å². The highest BCUT2D eigenvalue weighted by Gasteiger charge is 2.55. The van der Waals surface area contributed by atoms with E-state index in [0.29, 0.717) is 0 Å². The molecule has 4 saturated heterocycles. The van der Waals surface area contributed by atoms with Crippen LogP contribution in [0.15, 0.2) is 23.8 Å². The normalized spacial score (nSPS) is 37.4. The van der Waals surface area contributed by atoms with Crippen LogP contribution >= 0.6 is 15.6 Å². The number of nitrogens with two attached hydrogens (primary N) is 1. The molecule has 6 N–H and O–H groups in total. The van der Waals surface area contributed by atoms with E-state index in [2.05, 4.69) is 29.9 Å². The van der Waals surface area contributed by atoms with E-state index in [0.717, 1.165) is 0 Å². The number of morpholine rings is 1. The van der Waals surface area contributed by atoms with E-state index in [9.17, 15) is 29.0 Å². The number of nitrogen functional groups attached to an aromatic ring is 1. The van der Waals surface area contributed by atoms with Crippen LogP contribution in [0.5, 0.6) is 0 Å². The molecule has 270 valence electrons. The number of phosphoric ester groups is 1. The molecule has 0 spiro atoms. The van der Waals surface area contributed by atoms with E-state index >= 15 is 0 Å². The highest BCUT2D eigenvalue weighted by Crippen LogP contribution is 2.58. The molecule has 8 heterocycles. The number of nitrogens with one attached hydrogen (secondary N) is 1. The molecule has 0 aromatic carbocycles. The number of aliphatic hydroxyl groups excluding tert-OH is 2. The Labute approximate surface area is 280 Å². The number of H-pyrrole nitrogens is 1. The van der Waals surface area contributed by atoms with Gasteiger partial charge in [-0.15, -0.1) is 0 Å². The third-order valence-electron chi connectivity index (χ3n) is 8.76. The third kappa shape index (κ3) is 5.87. The summed E-state index contributed by atoms with van der Waals surface area (Å²) in [5.74, 6) is 0.327. The van der Waals surface area contributed by atoms with Gasteiger partial charge in [-0.2, -0.15) is 0 Å². The second-order valence-corrected chi connectivity index (χ2v) is 15.3. The van der Waals surface area contributed by atoms with Gasteiger partial charge in [0.1, 0.15) is 54.3 Å². The lowest BCUT2D eigenvalue weighted by atomic mass is 10.1. The maximum absolute atomic E-state index is 14.9. The largest absolute Gasteiger partial charge is 0.472 e. The molecule has 0 aliphatic carbocycles. The summed E-state index contributed by atoms with van der Waals surface area (Å²) in [7, 11) is -9.48. The predicted molar refractivity (Wildman–Crippen MR) is 164 cm³/mol. The molecule has 8 rings (SSSR count). The number of aromatic nitrogens is 8. The first-order valence-corrected chi connectivity index (χ1v) is 18.4. The lowest BCUT2D eigenvalue weighted by Gasteiger charge is -2.36. The molecule has 0 radical (unpaired) electrons. The predicted octanol–water partition coefficient (Wildman–Crippen LogP) is -1.28. The molecule has 0 amide bonds. The summed E-state index contributed by atoms with van der Waals surface area (Å²) in [6.07, 6.45) is -7.99. The van der Waals surface area contributed by atoms with Gasteiger partial charge in [0.2, 0.25) is 0 Å². The number of phosphoric acid groups is 1. The van der Waals surface area contributed by atoms with E-state index in [1.807, 2.05) is 0 Å². The number of hydrogen-bond donors (Lipinski definition) is 5. The zero-order valence-corrected chi connectivity index (χ0v) is 27.9. The number of imidazole rings is 2. The van der Waals surface area contributed by atoms with Crippen molar-refractivity contribution in [3.05, 3.63) is 35.2 Å². The molecule has 23 nitrogen and oxygen atoms in total. The Balaban J connectivity index is 1.17. The zero-order valence-electron chi connectivity index (χ0n) is 26.1. The fourth-order valence-electron chi connectivity index (χ4n) is 6.34. The second-order valence-electron chi connectivity index (χ2n) is 11.9. The number of rotatable bonds is 3. The van der Waals surface area contributed by atoms with Crippen LogP contribution in [0.4, 0.5) is 5.82 Å². The van der Waals surface area contributed by atoms with E-state index < -0.39 is 83.4 Å². The molecule has 4 aromatic rings. The van der Waals surface area contributed by atoms with Crippen molar-refractivity contribution in [1.82, 2.24) is 43.7 Å². The number of aryl methyl sites for hydroxylation is 1. The Kier molecular flexibility index (Phi) is 8.62. The molecule has 0 saturated carbocycles. The number of aromatic amines is 1. The van der Waals surface area contributed by atoms with Gasteiger partial charge in [-0.25, -0.2) is 38.7 Å². The molecule has 25 heteroatoms. The van der Waals surface area contributed by atoms with Gasteiger partial charge in [0.05, 0.1) is 39.1 Å². The molecule has 4 unspecified atom stereocenters. The van der Waals surface area contributed by atoms with Gasteiger partial charge in [0, 0.05) is 13.1 Å². The molecule has 2 bridgehead atoms. The minimum absolute atomic E-state index is 0.0419. The number of aliphatic hydroxyl groups is 2. The Bertz CT molecular complexity index is 2070. The molecular formula is C25H32N10O13P2. The minimum Gasteiger partial charge on any atom is -0.387 e. The Hall–Kier alpha value is -3.28. The highest BCUT2D eigenvalue weighted by atomic mass is 31.2. The van der Waals surface area contributed by atoms with E-state index in [4.69, 9.17) is 38.0 Å². The molecular weight excluding hydrogens is 710 g/mol. The summed E-state index contributed by atoms with van der Waals surface area (Å²) in [4.78, 5) is 46.7. The number of hydrogen-bond acceptors (Lipinski definition) is 18. The smallest absolute Gasteiger partial charge is 0.387 e. The van der Waals surface area contributed by atoms with Crippen molar-refractivity contribution >= 4 is 43.7 Å². The maximum atomic E-state index is 14.9. The SMILES string of the molecule is Cc1nc2c(ncn2[C@@H]2O[C@@H]3COP(=O)(O)O[C@@H]4C(O)[C@H](n5cnc6c(N)ncnc65)O[C@@H]4COP(=O)(N4CCOCC4)O[C@H]2C3O)c(=O)[nH]1. The van der Waals surface area contributed by atoms with Crippen LogP contribution < -0.4 is 11.3 Å². The zero-order chi connectivity index (χ0) is 34.9. The lowest BCUT2D eigenvalue weighted by Crippen LogP contribution is -2.41. The summed E-state index contributed by atoms with van der Waals surface area (Å²) in [6, 6.07) is 0. The van der Waals surface area contributed by atoms with Crippen LogP contribution in [-0.2, 0) is 41.4 Å². The van der Waals surface area contributed by atoms with E-state index in [-0.39, 0.29) is 60.3 Å². The van der Waals surface area contributed by atoms with Crippen LogP contribution in [0.3, 0.4) is 0 Å². The van der Waals surface area contributed by atoms with Gasteiger partial charge in [0.25, 0.3) is 5.56 Å². The fourth-order valence-corrected chi connectivity index (χ4v) is 9.18. The average molecular weight is 743 g/mol. The topological polar surface area (TPSA) is 296 Å². The van der Waals surface area contributed by atoms with Gasteiger partial charge < -0.3 is 40.0 Å². The number of fused-ring (bicyclic) bond motifs is 5. The Morgan fingerprint density at radius 3 is 2.36 bits per heavy atom.